The normalized spacial score (nSPS) is 10.9. The van der Waals surface area contributed by atoms with Crippen molar-refractivity contribution >= 4 is 17.1 Å². The highest BCUT2D eigenvalue weighted by Crippen LogP contribution is 2.48. The fraction of sp³-hybridized carbons (Fsp3) is 0.200. The number of nitrogens with zero attached hydrogens (tertiary/aromatic N) is 1. The van der Waals surface area contributed by atoms with Gasteiger partial charge in [-0.05, 0) is 99.7 Å². The SMILES string of the molecule is Cc1ccc(C)c(N(c2ccc(Oc3c(C)ccc(O)c3C)cc2)c2c(C)ccc(C)c2O)c1O. The van der Waals surface area contributed by atoms with Gasteiger partial charge >= 0.3 is 0 Å². The van der Waals surface area contributed by atoms with Crippen LogP contribution in [0.2, 0.25) is 0 Å². The van der Waals surface area contributed by atoms with E-state index in [1.807, 2.05) is 101 Å². The maximum atomic E-state index is 11.1. The third kappa shape index (κ3) is 4.37. The zero-order valence-corrected chi connectivity index (χ0v) is 21.0. The smallest absolute Gasteiger partial charge is 0.142 e. The molecule has 4 aromatic rings. The molecule has 5 nitrogen and oxygen atoms in total. The van der Waals surface area contributed by atoms with Crippen molar-refractivity contribution in [1.82, 2.24) is 0 Å². The molecule has 0 aromatic heterocycles. The molecule has 0 aliphatic heterocycles. The van der Waals surface area contributed by atoms with Crippen LogP contribution in [0.15, 0.2) is 60.7 Å². The average molecular weight is 470 g/mol. The van der Waals surface area contributed by atoms with Crippen LogP contribution in [0.1, 0.15) is 33.4 Å². The Bertz CT molecular complexity index is 1350. The van der Waals surface area contributed by atoms with E-state index >= 15 is 0 Å². The number of anilines is 3. The molecule has 0 amide bonds. The van der Waals surface area contributed by atoms with Gasteiger partial charge in [0.05, 0.1) is 11.4 Å². The molecule has 5 heteroatoms. The zero-order chi connectivity index (χ0) is 25.4. The summed E-state index contributed by atoms with van der Waals surface area (Å²) in [7, 11) is 0. The number of hydrogen-bond donors (Lipinski definition) is 3. The molecule has 180 valence electrons. The fourth-order valence-corrected chi connectivity index (χ4v) is 4.25. The second-order valence-corrected chi connectivity index (χ2v) is 9.08. The largest absolute Gasteiger partial charge is 0.508 e. The molecule has 0 saturated heterocycles. The second-order valence-electron chi connectivity index (χ2n) is 9.08. The lowest BCUT2D eigenvalue weighted by Gasteiger charge is -2.30. The molecule has 4 rings (SSSR count). The first-order chi connectivity index (χ1) is 16.6. The summed E-state index contributed by atoms with van der Waals surface area (Å²) < 4.78 is 6.12. The molecule has 0 atom stereocenters. The highest BCUT2D eigenvalue weighted by Gasteiger charge is 2.24. The summed E-state index contributed by atoms with van der Waals surface area (Å²) >= 11 is 0. The lowest BCUT2D eigenvalue weighted by Crippen LogP contribution is -2.14. The summed E-state index contributed by atoms with van der Waals surface area (Å²) in [6, 6.07) is 18.6. The Balaban J connectivity index is 1.86. The van der Waals surface area contributed by atoms with Gasteiger partial charge in [-0.25, -0.2) is 0 Å². The van der Waals surface area contributed by atoms with Crippen molar-refractivity contribution in [1.29, 1.82) is 0 Å². The number of phenols is 3. The number of rotatable bonds is 5. The molecule has 0 aliphatic carbocycles. The van der Waals surface area contributed by atoms with E-state index in [1.54, 1.807) is 6.07 Å². The Labute approximate surface area is 206 Å². The zero-order valence-electron chi connectivity index (χ0n) is 21.0. The Morgan fingerprint density at radius 3 is 1.51 bits per heavy atom. The molecule has 0 spiro atoms. The molecule has 0 aliphatic rings. The molecule has 35 heavy (non-hydrogen) atoms. The maximum Gasteiger partial charge on any atom is 0.142 e. The summed E-state index contributed by atoms with van der Waals surface area (Å²) in [6.45, 7) is 11.3. The van der Waals surface area contributed by atoms with E-state index in [0.29, 0.717) is 28.4 Å². The van der Waals surface area contributed by atoms with Crippen molar-refractivity contribution in [2.24, 2.45) is 0 Å². The third-order valence-corrected chi connectivity index (χ3v) is 6.45. The Hall–Kier alpha value is -4.12. The molecule has 4 aromatic carbocycles. The minimum Gasteiger partial charge on any atom is -0.508 e. The molecule has 0 bridgehead atoms. The van der Waals surface area contributed by atoms with Gasteiger partial charge in [0.15, 0.2) is 0 Å². The van der Waals surface area contributed by atoms with Crippen LogP contribution >= 0.6 is 0 Å². The van der Waals surface area contributed by atoms with Gasteiger partial charge in [0.1, 0.15) is 28.7 Å². The van der Waals surface area contributed by atoms with Gasteiger partial charge in [-0.15, -0.1) is 0 Å². The minimum atomic E-state index is 0.164. The molecule has 0 fully saturated rings. The van der Waals surface area contributed by atoms with Crippen molar-refractivity contribution in [3.63, 3.8) is 0 Å². The monoisotopic (exact) mass is 469 g/mol. The molecule has 0 saturated carbocycles. The van der Waals surface area contributed by atoms with Crippen LogP contribution in [0, 0.1) is 41.5 Å². The highest BCUT2D eigenvalue weighted by atomic mass is 16.5. The first-order valence-electron chi connectivity index (χ1n) is 11.6. The number of aromatic hydroxyl groups is 3. The fourth-order valence-electron chi connectivity index (χ4n) is 4.25. The van der Waals surface area contributed by atoms with Crippen molar-refractivity contribution < 1.29 is 20.1 Å². The number of phenolic OH excluding ortho intramolecular Hbond substituents is 3. The van der Waals surface area contributed by atoms with Crippen LogP contribution in [0.5, 0.6) is 28.7 Å². The van der Waals surface area contributed by atoms with Gasteiger partial charge in [0, 0.05) is 11.3 Å². The van der Waals surface area contributed by atoms with E-state index in [9.17, 15) is 15.3 Å². The van der Waals surface area contributed by atoms with E-state index in [2.05, 4.69) is 0 Å². The second kappa shape index (κ2) is 9.26. The van der Waals surface area contributed by atoms with Gasteiger partial charge in [0.25, 0.3) is 0 Å². The lowest BCUT2D eigenvalue weighted by atomic mass is 10.0. The number of hydrogen-bond acceptors (Lipinski definition) is 5. The van der Waals surface area contributed by atoms with Crippen LogP contribution in [-0.2, 0) is 0 Å². The van der Waals surface area contributed by atoms with E-state index in [0.717, 1.165) is 33.5 Å². The van der Waals surface area contributed by atoms with Crippen LogP contribution in [0.4, 0.5) is 17.1 Å². The summed E-state index contributed by atoms with van der Waals surface area (Å²) in [4.78, 5) is 1.89. The van der Waals surface area contributed by atoms with Crippen molar-refractivity contribution in [2.75, 3.05) is 4.90 Å². The highest BCUT2D eigenvalue weighted by molar-refractivity contribution is 5.87. The maximum absolute atomic E-state index is 11.1. The van der Waals surface area contributed by atoms with Gasteiger partial charge in [-0.1, -0.05) is 30.3 Å². The van der Waals surface area contributed by atoms with Gasteiger partial charge in [-0.3, -0.25) is 0 Å². The van der Waals surface area contributed by atoms with E-state index in [4.69, 9.17) is 4.74 Å². The standard InChI is InChI=1S/C30H31NO4/c1-17-7-9-19(3)28(33)26(17)31(27-18(2)8-10-20(4)29(27)34)23-12-14-24(15-13-23)35-30-21(5)11-16-25(32)22(30)6/h7-16,32-34H,1-6H3. The molecule has 3 N–H and O–H groups in total. The molecule has 0 radical (unpaired) electrons. The Morgan fingerprint density at radius 1 is 0.543 bits per heavy atom. The summed E-state index contributed by atoms with van der Waals surface area (Å²) in [5, 5.41) is 32.3. The minimum absolute atomic E-state index is 0.164. The quantitative estimate of drug-likeness (QED) is 0.277. The van der Waals surface area contributed by atoms with Crippen LogP contribution < -0.4 is 9.64 Å². The average Bonchev–Trinajstić information content (AvgIpc) is 2.84. The van der Waals surface area contributed by atoms with Crippen molar-refractivity contribution in [3.05, 3.63) is 94.0 Å². The van der Waals surface area contributed by atoms with Crippen molar-refractivity contribution in [3.8, 4) is 28.7 Å². The van der Waals surface area contributed by atoms with Crippen LogP contribution in [-0.4, -0.2) is 15.3 Å². The van der Waals surface area contributed by atoms with Crippen LogP contribution in [0.25, 0.3) is 0 Å². The van der Waals surface area contributed by atoms with Crippen LogP contribution in [0.3, 0.4) is 0 Å². The first-order valence-corrected chi connectivity index (χ1v) is 11.6. The molecule has 0 heterocycles. The summed E-state index contributed by atoms with van der Waals surface area (Å²) in [6.07, 6.45) is 0. The predicted octanol–water partition coefficient (Wildman–Crippen LogP) is 7.92. The van der Waals surface area contributed by atoms with Gasteiger partial charge in [0.2, 0.25) is 0 Å². The van der Waals surface area contributed by atoms with E-state index in [-0.39, 0.29) is 17.2 Å². The number of aryl methyl sites for hydroxylation is 5. The lowest BCUT2D eigenvalue weighted by molar-refractivity contribution is 0.446. The van der Waals surface area contributed by atoms with E-state index in [1.165, 1.54) is 0 Å². The Kier molecular flexibility index (Phi) is 6.35. The first kappa shape index (κ1) is 24.0. The Morgan fingerprint density at radius 2 is 1.00 bits per heavy atom. The summed E-state index contributed by atoms with van der Waals surface area (Å²) in [5.74, 6) is 1.74. The number of ether oxygens (including phenoxy) is 1. The molecular weight excluding hydrogens is 438 g/mol. The summed E-state index contributed by atoms with van der Waals surface area (Å²) in [5.41, 5.74) is 6.83. The predicted molar refractivity (Wildman–Crippen MR) is 141 cm³/mol. The van der Waals surface area contributed by atoms with Crippen molar-refractivity contribution in [2.45, 2.75) is 41.5 Å². The topological polar surface area (TPSA) is 73.2 Å². The number of benzene rings is 4. The van der Waals surface area contributed by atoms with Gasteiger partial charge in [-0.2, -0.15) is 0 Å². The van der Waals surface area contributed by atoms with E-state index < -0.39 is 0 Å². The van der Waals surface area contributed by atoms with Gasteiger partial charge < -0.3 is 25.0 Å². The molecule has 0 unspecified atom stereocenters. The molecular formula is C30H31NO4. The third-order valence-electron chi connectivity index (χ3n) is 6.45.